The minimum atomic E-state index is -1.06. The molecule has 0 heterocycles. The van der Waals surface area contributed by atoms with E-state index in [2.05, 4.69) is 10.6 Å². The first kappa shape index (κ1) is 50.2. The highest BCUT2D eigenvalue weighted by molar-refractivity contribution is 5.86. The number of hydrogen-bond acceptors (Lipinski definition) is 8. The van der Waals surface area contributed by atoms with Gasteiger partial charge in [0.25, 0.3) is 0 Å². The van der Waals surface area contributed by atoms with Gasteiger partial charge in [-0.15, -0.1) is 0 Å². The Morgan fingerprint density at radius 2 is 1.11 bits per heavy atom. The van der Waals surface area contributed by atoms with Crippen LogP contribution >= 0.6 is 0 Å². The van der Waals surface area contributed by atoms with Crippen molar-refractivity contribution in [2.24, 2.45) is 17.8 Å². The summed E-state index contributed by atoms with van der Waals surface area (Å²) in [6.07, 6.45) is 24.2. The lowest BCUT2D eigenvalue weighted by atomic mass is 9.78. The van der Waals surface area contributed by atoms with Crippen molar-refractivity contribution in [3.63, 3.8) is 0 Å². The third kappa shape index (κ3) is 30.0. The van der Waals surface area contributed by atoms with Crippen LogP contribution in [0.3, 0.4) is 0 Å². The van der Waals surface area contributed by atoms with Gasteiger partial charge < -0.3 is 30.3 Å². The number of unbranched alkanes of at least 4 members (excludes halogenated alkanes) is 15. The highest BCUT2D eigenvalue weighted by atomic mass is 16.5. The SMILES string of the molecule is CCCC(=O)COCCOCCNC(=O)CCC(CC(=O)C1CCC(CNC(=O)CCCCCCCCCCCCCCCCCCC(=O)O)CC1)C(=O)O. The van der Waals surface area contributed by atoms with Gasteiger partial charge >= 0.3 is 11.9 Å². The summed E-state index contributed by atoms with van der Waals surface area (Å²) in [4.78, 5) is 71.4. The Bertz CT molecular complexity index is 1060. The van der Waals surface area contributed by atoms with Gasteiger partial charge in [0.15, 0.2) is 5.78 Å². The van der Waals surface area contributed by atoms with Crippen LogP contribution in [-0.4, -0.2) is 85.0 Å². The maximum Gasteiger partial charge on any atom is 0.306 e. The molecule has 2 amide bonds. The fraction of sp³-hybridized carbons (Fsp3) is 0.860. The van der Waals surface area contributed by atoms with E-state index in [0.717, 1.165) is 51.4 Å². The largest absolute Gasteiger partial charge is 0.481 e. The van der Waals surface area contributed by atoms with Crippen LogP contribution < -0.4 is 10.6 Å². The van der Waals surface area contributed by atoms with Gasteiger partial charge in [0.1, 0.15) is 12.4 Å². The van der Waals surface area contributed by atoms with E-state index in [0.29, 0.717) is 57.8 Å². The highest BCUT2D eigenvalue weighted by Gasteiger charge is 2.30. The van der Waals surface area contributed by atoms with E-state index >= 15 is 0 Å². The summed E-state index contributed by atoms with van der Waals surface area (Å²) in [5.74, 6) is -2.66. The smallest absolute Gasteiger partial charge is 0.306 e. The maximum absolute atomic E-state index is 13.0. The molecule has 318 valence electrons. The number of Topliss-reactive ketones (excluding diaryl/α,β-unsaturated/α-hetero) is 2. The summed E-state index contributed by atoms with van der Waals surface area (Å²) in [5.41, 5.74) is 0. The molecule has 0 radical (unpaired) electrons. The van der Waals surface area contributed by atoms with Gasteiger partial charge in [-0.3, -0.25) is 28.8 Å². The maximum atomic E-state index is 13.0. The Balaban J connectivity index is 2.01. The Morgan fingerprint density at radius 3 is 1.64 bits per heavy atom. The number of carboxylic acids is 2. The molecule has 1 aliphatic carbocycles. The molecule has 12 heteroatoms. The van der Waals surface area contributed by atoms with Crippen molar-refractivity contribution in [3.05, 3.63) is 0 Å². The van der Waals surface area contributed by atoms with Crippen molar-refractivity contribution >= 4 is 35.3 Å². The van der Waals surface area contributed by atoms with Crippen molar-refractivity contribution in [2.75, 3.05) is 39.5 Å². The molecule has 1 aliphatic rings. The molecule has 0 aliphatic heterocycles. The van der Waals surface area contributed by atoms with Crippen molar-refractivity contribution in [1.82, 2.24) is 10.6 Å². The quantitative estimate of drug-likeness (QED) is 0.0448. The van der Waals surface area contributed by atoms with Gasteiger partial charge in [0.2, 0.25) is 11.8 Å². The average molecular weight is 781 g/mol. The zero-order valence-corrected chi connectivity index (χ0v) is 34.2. The van der Waals surface area contributed by atoms with Crippen LogP contribution in [0.1, 0.15) is 180 Å². The first-order valence-corrected chi connectivity index (χ1v) is 21.8. The van der Waals surface area contributed by atoms with Gasteiger partial charge in [-0.05, 0) is 57.3 Å². The molecular weight excluding hydrogens is 704 g/mol. The van der Waals surface area contributed by atoms with Gasteiger partial charge in [-0.25, -0.2) is 0 Å². The third-order valence-corrected chi connectivity index (χ3v) is 10.7. The van der Waals surface area contributed by atoms with Crippen molar-refractivity contribution in [3.8, 4) is 0 Å². The van der Waals surface area contributed by atoms with E-state index in [1.807, 2.05) is 6.92 Å². The van der Waals surface area contributed by atoms with E-state index in [9.17, 15) is 33.9 Å². The van der Waals surface area contributed by atoms with Gasteiger partial charge in [0, 0.05) is 51.1 Å². The lowest BCUT2D eigenvalue weighted by molar-refractivity contribution is -0.145. The molecule has 1 atom stereocenters. The molecular formula is C43H76N2O10. The number of aliphatic carboxylic acids is 2. The molecule has 55 heavy (non-hydrogen) atoms. The Morgan fingerprint density at radius 1 is 0.600 bits per heavy atom. The number of carbonyl (C=O) groups is 6. The predicted octanol–water partition coefficient (Wildman–Crippen LogP) is 7.97. The molecule has 0 spiro atoms. The first-order valence-electron chi connectivity index (χ1n) is 21.8. The number of ether oxygens (including phenoxy) is 2. The van der Waals surface area contributed by atoms with E-state index in [1.165, 1.54) is 70.6 Å². The van der Waals surface area contributed by atoms with E-state index in [-0.39, 0.29) is 68.3 Å². The molecule has 4 N–H and O–H groups in total. The molecule has 0 aromatic carbocycles. The fourth-order valence-electron chi connectivity index (χ4n) is 7.21. The van der Waals surface area contributed by atoms with Crippen LogP contribution in [0.4, 0.5) is 0 Å². The predicted molar refractivity (Wildman–Crippen MR) is 214 cm³/mol. The molecule has 0 aromatic heterocycles. The van der Waals surface area contributed by atoms with Gasteiger partial charge in [-0.2, -0.15) is 0 Å². The van der Waals surface area contributed by atoms with Gasteiger partial charge in [0.05, 0.1) is 25.7 Å². The molecule has 0 aromatic rings. The molecule has 1 saturated carbocycles. The zero-order chi connectivity index (χ0) is 40.4. The van der Waals surface area contributed by atoms with Crippen LogP contribution in [0.25, 0.3) is 0 Å². The van der Waals surface area contributed by atoms with E-state index < -0.39 is 17.9 Å². The standard InChI is InChI=1S/C43H76N2O10/c1-2-19-38(46)34-55-31-30-54-29-28-44-41(49)27-26-37(43(52)53)32-39(47)36-24-22-35(23-25-36)33-45-40(48)20-17-15-13-11-9-7-5-3-4-6-8-10-12-14-16-18-21-42(50)51/h35-37H,2-34H2,1H3,(H,44,49)(H,45,48)(H,50,51)(H,52,53). The second kappa shape index (κ2) is 34.4. The summed E-state index contributed by atoms with van der Waals surface area (Å²) in [5, 5.41) is 24.1. The number of hydrogen-bond donors (Lipinski definition) is 4. The van der Waals surface area contributed by atoms with Crippen LogP contribution in [0.5, 0.6) is 0 Å². The minimum Gasteiger partial charge on any atom is -0.481 e. The van der Waals surface area contributed by atoms with Crippen LogP contribution in [-0.2, 0) is 38.2 Å². The molecule has 0 saturated heterocycles. The second-order valence-corrected chi connectivity index (χ2v) is 15.6. The number of amides is 2. The summed E-state index contributed by atoms with van der Waals surface area (Å²) in [6.45, 7) is 3.80. The van der Waals surface area contributed by atoms with Crippen molar-refractivity contribution < 1.29 is 48.5 Å². The van der Waals surface area contributed by atoms with E-state index in [4.69, 9.17) is 14.6 Å². The summed E-state index contributed by atoms with van der Waals surface area (Å²) in [6, 6.07) is 0. The Kier molecular flexibility index (Phi) is 31.4. The summed E-state index contributed by atoms with van der Waals surface area (Å²) in [7, 11) is 0. The zero-order valence-electron chi connectivity index (χ0n) is 34.2. The Labute approximate surface area is 331 Å². The molecule has 1 rings (SSSR count). The van der Waals surface area contributed by atoms with Crippen molar-refractivity contribution in [2.45, 2.75) is 180 Å². The Hall–Kier alpha value is -2.86. The van der Waals surface area contributed by atoms with Crippen LogP contribution in [0.15, 0.2) is 0 Å². The second-order valence-electron chi connectivity index (χ2n) is 15.6. The third-order valence-electron chi connectivity index (χ3n) is 10.7. The number of ketones is 2. The average Bonchev–Trinajstić information content (AvgIpc) is 3.16. The van der Waals surface area contributed by atoms with Gasteiger partial charge in [-0.1, -0.05) is 96.8 Å². The lowest BCUT2D eigenvalue weighted by Gasteiger charge is -2.28. The fourth-order valence-corrected chi connectivity index (χ4v) is 7.21. The topological polar surface area (TPSA) is 185 Å². The molecule has 1 unspecified atom stereocenters. The summed E-state index contributed by atoms with van der Waals surface area (Å²) < 4.78 is 10.6. The lowest BCUT2D eigenvalue weighted by Crippen LogP contribution is -2.33. The molecule has 1 fully saturated rings. The number of nitrogens with one attached hydrogen (secondary N) is 2. The van der Waals surface area contributed by atoms with Crippen molar-refractivity contribution in [1.29, 1.82) is 0 Å². The molecule has 12 nitrogen and oxygen atoms in total. The van der Waals surface area contributed by atoms with E-state index in [1.54, 1.807) is 0 Å². The van der Waals surface area contributed by atoms with Crippen LogP contribution in [0.2, 0.25) is 0 Å². The monoisotopic (exact) mass is 781 g/mol. The first-order chi connectivity index (χ1) is 26.6. The number of carboxylic acid groups (broad SMARTS) is 2. The number of rotatable bonds is 38. The highest BCUT2D eigenvalue weighted by Crippen LogP contribution is 2.31. The number of carbonyl (C=O) groups excluding carboxylic acids is 4. The normalized spacial score (nSPS) is 16.0. The van der Waals surface area contributed by atoms with Crippen LogP contribution in [0, 0.1) is 17.8 Å². The minimum absolute atomic E-state index is 0.0172. The summed E-state index contributed by atoms with van der Waals surface area (Å²) >= 11 is 0. The molecule has 0 bridgehead atoms.